The summed E-state index contributed by atoms with van der Waals surface area (Å²) < 4.78 is 14.6. The summed E-state index contributed by atoms with van der Waals surface area (Å²) in [5.74, 6) is -0.331. The second-order valence-electron chi connectivity index (χ2n) is 4.13. The van der Waals surface area contributed by atoms with Crippen molar-refractivity contribution in [3.63, 3.8) is 0 Å². The van der Waals surface area contributed by atoms with Gasteiger partial charge in [0, 0.05) is 12.6 Å². The van der Waals surface area contributed by atoms with Crippen molar-refractivity contribution < 1.29 is 4.39 Å². The maximum absolute atomic E-state index is 13.1. The zero-order chi connectivity index (χ0) is 12.4. The lowest BCUT2D eigenvalue weighted by Gasteiger charge is -2.08. The first-order valence-corrected chi connectivity index (χ1v) is 5.61. The largest absolute Gasteiger partial charge is 0.330 e. The van der Waals surface area contributed by atoms with Crippen LogP contribution in [-0.2, 0) is 13.5 Å². The van der Waals surface area contributed by atoms with Crippen molar-refractivity contribution in [3.8, 4) is 0 Å². The van der Waals surface area contributed by atoms with Gasteiger partial charge in [-0.3, -0.25) is 4.79 Å². The van der Waals surface area contributed by atoms with E-state index in [1.165, 1.54) is 16.7 Å². The number of hydrogen-bond donors (Lipinski definition) is 1. The monoisotopic (exact) mass is 234 g/mol. The third kappa shape index (κ3) is 2.22. The molecule has 1 aromatic heterocycles. The number of pyridine rings is 1. The number of fused-ring (bicyclic) bond motifs is 1. The molecule has 90 valence electrons. The molecule has 0 saturated carbocycles. The van der Waals surface area contributed by atoms with Crippen LogP contribution >= 0.6 is 0 Å². The molecule has 2 aromatic rings. The Morgan fingerprint density at radius 1 is 1.35 bits per heavy atom. The minimum absolute atomic E-state index is 0.0726. The van der Waals surface area contributed by atoms with Crippen molar-refractivity contribution in [3.05, 3.63) is 46.0 Å². The Labute approximate surface area is 98.7 Å². The third-order valence-electron chi connectivity index (χ3n) is 2.91. The Morgan fingerprint density at radius 2 is 2.12 bits per heavy atom. The number of hydrogen-bond acceptors (Lipinski definition) is 2. The topological polar surface area (TPSA) is 48.0 Å². The summed E-state index contributed by atoms with van der Waals surface area (Å²) in [6.45, 7) is 0.560. The zero-order valence-corrected chi connectivity index (χ0v) is 9.74. The second-order valence-corrected chi connectivity index (χ2v) is 4.13. The van der Waals surface area contributed by atoms with E-state index in [-0.39, 0.29) is 11.4 Å². The molecule has 0 unspecified atom stereocenters. The predicted octanol–water partition coefficient (Wildman–Crippen LogP) is 1.57. The van der Waals surface area contributed by atoms with Crippen LogP contribution in [0.25, 0.3) is 10.9 Å². The van der Waals surface area contributed by atoms with Crippen LogP contribution in [0.4, 0.5) is 4.39 Å². The minimum Gasteiger partial charge on any atom is -0.330 e. The fourth-order valence-electron chi connectivity index (χ4n) is 1.98. The van der Waals surface area contributed by atoms with Gasteiger partial charge in [-0.1, -0.05) is 0 Å². The summed E-state index contributed by atoms with van der Waals surface area (Å²) in [6.07, 6.45) is 1.44. The first kappa shape index (κ1) is 11.8. The number of benzene rings is 1. The summed E-state index contributed by atoms with van der Waals surface area (Å²) in [7, 11) is 1.66. The number of rotatable bonds is 3. The van der Waals surface area contributed by atoms with Crippen molar-refractivity contribution in [1.82, 2.24) is 4.57 Å². The van der Waals surface area contributed by atoms with Crippen molar-refractivity contribution in [2.45, 2.75) is 12.8 Å². The van der Waals surface area contributed by atoms with Gasteiger partial charge in [0.05, 0.1) is 5.52 Å². The van der Waals surface area contributed by atoms with Crippen molar-refractivity contribution in [1.29, 1.82) is 0 Å². The lowest BCUT2D eigenvalue weighted by molar-refractivity contribution is 0.628. The van der Waals surface area contributed by atoms with Crippen LogP contribution < -0.4 is 11.3 Å². The summed E-state index contributed by atoms with van der Waals surface area (Å²) in [5.41, 5.74) is 6.72. The molecule has 1 heterocycles. The number of nitrogens with zero attached hydrogens (tertiary/aromatic N) is 1. The van der Waals surface area contributed by atoms with E-state index in [4.69, 9.17) is 5.73 Å². The van der Waals surface area contributed by atoms with Gasteiger partial charge >= 0.3 is 0 Å². The number of halogens is 1. The average Bonchev–Trinajstić information content (AvgIpc) is 2.33. The Bertz CT molecular complexity index is 604. The minimum atomic E-state index is -0.331. The van der Waals surface area contributed by atoms with Gasteiger partial charge in [0.2, 0.25) is 0 Å². The summed E-state index contributed by atoms with van der Waals surface area (Å²) in [5, 5.41) is 0.875. The molecule has 2 rings (SSSR count). The Morgan fingerprint density at radius 3 is 2.82 bits per heavy atom. The quantitative estimate of drug-likeness (QED) is 0.876. The molecule has 0 atom stereocenters. The van der Waals surface area contributed by atoms with Crippen LogP contribution in [0.5, 0.6) is 0 Å². The van der Waals surface area contributed by atoms with Crippen LogP contribution in [0.3, 0.4) is 0 Å². The van der Waals surface area contributed by atoms with Crippen LogP contribution in [0.2, 0.25) is 0 Å². The maximum Gasteiger partial charge on any atom is 0.253 e. The third-order valence-corrected chi connectivity index (χ3v) is 2.91. The average molecular weight is 234 g/mol. The smallest absolute Gasteiger partial charge is 0.253 e. The molecule has 0 spiro atoms. The molecule has 0 fully saturated rings. The summed E-state index contributed by atoms with van der Waals surface area (Å²) in [6, 6.07) is 6.30. The van der Waals surface area contributed by atoms with Gasteiger partial charge in [0.25, 0.3) is 5.56 Å². The molecule has 0 aliphatic heterocycles. The van der Waals surface area contributed by atoms with Gasteiger partial charge in [-0.15, -0.1) is 0 Å². The highest BCUT2D eigenvalue weighted by Gasteiger charge is 2.07. The maximum atomic E-state index is 13.1. The zero-order valence-electron chi connectivity index (χ0n) is 9.74. The Hall–Kier alpha value is -1.68. The van der Waals surface area contributed by atoms with Gasteiger partial charge in [-0.05, 0) is 49.0 Å². The number of aromatic nitrogens is 1. The molecule has 0 radical (unpaired) electrons. The molecule has 0 aliphatic carbocycles. The summed E-state index contributed by atoms with van der Waals surface area (Å²) >= 11 is 0. The molecule has 2 N–H and O–H groups in total. The lowest BCUT2D eigenvalue weighted by atomic mass is 10.1. The van der Waals surface area contributed by atoms with E-state index in [1.54, 1.807) is 13.1 Å². The molecule has 3 nitrogen and oxygen atoms in total. The highest BCUT2D eigenvalue weighted by atomic mass is 19.1. The molecular weight excluding hydrogens is 219 g/mol. The molecular formula is C13H15FN2O. The van der Waals surface area contributed by atoms with E-state index in [0.29, 0.717) is 18.5 Å². The van der Waals surface area contributed by atoms with E-state index in [0.717, 1.165) is 17.4 Å². The molecule has 1 aromatic carbocycles. The first-order chi connectivity index (χ1) is 8.13. The van der Waals surface area contributed by atoms with Crippen LogP contribution in [0, 0.1) is 5.82 Å². The van der Waals surface area contributed by atoms with Gasteiger partial charge in [0.1, 0.15) is 5.82 Å². The van der Waals surface area contributed by atoms with Gasteiger partial charge in [-0.2, -0.15) is 0 Å². The van der Waals surface area contributed by atoms with E-state index < -0.39 is 0 Å². The first-order valence-electron chi connectivity index (χ1n) is 5.61. The van der Waals surface area contributed by atoms with Gasteiger partial charge in [0.15, 0.2) is 0 Å². The van der Waals surface area contributed by atoms with E-state index >= 15 is 0 Å². The highest BCUT2D eigenvalue weighted by Crippen LogP contribution is 2.15. The van der Waals surface area contributed by atoms with Crippen molar-refractivity contribution >= 4 is 10.9 Å². The molecule has 0 bridgehead atoms. The van der Waals surface area contributed by atoms with Crippen LogP contribution in [0.1, 0.15) is 12.0 Å². The molecule has 0 saturated heterocycles. The molecule has 4 heteroatoms. The van der Waals surface area contributed by atoms with Crippen LogP contribution in [0.15, 0.2) is 29.1 Å². The Kier molecular flexibility index (Phi) is 3.24. The standard InChI is InChI=1S/C13H15FN2O/c1-16-12-8-11(14)5-4-9(12)7-10(13(16)17)3-2-6-15/h4-5,7-8H,2-3,6,15H2,1H3. The predicted molar refractivity (Wildman–Crippen MR) is 66.5 cm³/mol. The fraction of sp³-hybridized carbons (Fsp3) is 0.308. The number of aryl methyl sites for hydroxylation is 2. The fourth-order valence-corrected chi connectivity index (χ4v) is 1.98. The lowest BCUT2D eigenvalue weighted by Crippen LogP contribution is -2.22. The normalized spacial score (nSPS) is 11.0. The van der Waals surface area contributed by atoms with Gasteiger partial charge in [-0.25, -0.2) is 4.39 Å². The Balaban J connectivity index is 2.62. The highest BCUT2D eigenvalue weighted by molar-refractivity contribution is 5.79. The van der Waals surface area contributed by atoms with Gasteiger partial charge < -0.3 is 10.3 Å². The summed E-state index contributed by atoms with van der Waals surface area (Å²) in [4.78, 5) is 12.0. The van der Waals surface area contributed by atoms with E-state index in [9.17, 15) is 9.18 Å². The number of nitrogens with two attached hydrogens (primary N) is 1. The molecule has 0 aliphatic rings. The van der Waals surface area contributed by atoms with E-state index in [1.807, 2.05) is 6.07 Å². The molecule has 0 amide bonds. The van der Waals surface area contributed by atoms with Crippen LogP contribution in [-0.4, -0.2) is 11.1 Å². The molecule has 17 heavy (non-hydrogen) atoms. The second kappa shape index (κ2) is 4.67. The van der Waals surface area contributed by atoms with Crippen molar-refractivity contribution in [2.75, 3.05) is 6.54 Å². The van der Waals surface area contributed by atoms with Crippen molar-refractivity contribution in [2.24, 2.45) is 12.8 Å². The SMILES string of the molecule is Cn1c(=O)c(CCCN)cc2ccc(F)cc21. The van der Waals surface area contributed by atoms with E-state index in [2.05, 4.69) is 0 Å².